The zero-order valence-corrected chi connectivity index (χ0v) is 18.6. The summed E-state index contributed by atoms with van der Waals surface area (Å²) in [5.74, 6) is 1.45. The first-order chi connectivity index (χ1) is 13.6. The second kappa shape index (κ2) is 7.69. The lowest BCUT2D eigenvalue weighted by molar-refractivity contribution is -0.160. The van der Waals surface area contributed by atoms with Crippen molar-refractivity contribution in [1.29, 1.82) is 0 Å². The zero-order chi connectivity index (χ0) is 21.4. The molecule has 1 aromatic carbocycles. The van der Waals surface area contributed by atoms with E-state index in [0.29, 0.717) is 19.6 Å². The number of hydrogen-bond acceptors (Lipinski definition) is 5. The first-order valence-electron chi connectivity index (χ1n) is 10.2. The largest absolute Gasteiger partial charge is 0.487 e. The molecule has 0 N–H and O–H groups in total. The van der Waals surface area contributed by atoms with Gasteiger partial charge in [0.05, 0.1) is 5.69 Å². The molecule has 0 bridgehead atoms. The number of hydrogen-bond donors (Lipinski definition) is 0. The number of carbonyl (C=O) groups excluding carboxylic acids is 1. The average Bonchev–Trinajstić information content (AvgIpc) is 2.94. The number of carbonyl (C=O) groups is 1. The van der Waals surface area contributed by atoms with Crippen molar-refractivity contribution < 1.29 is 14.3 Å². The Morgan fingerprint density at radius 2 is 1.86 bits per heavy atom. The van der Waals surface area contributed by atoms with E-state index in [4.69, 9.17) is 14.5 Å². The highest BCUT2D eigenvalue weighted by Gasteiger charge is 2.49. The van der Waals surface area contributed by atoms with Crippen LogP contribution in [0.5, 0.6) is 5.75 Å². The van der Waals surface area contributed by atoms with Crippen LogP contribution in [0, 0.1) is 13.8 Å². The van der Waals surface area contributed by atoms with E-state index < -0.39 is 11.1 Å². The summed E-state index contributed by atoms with van der Waals surface area (Å²) in [5.41, 5.74) is 2.76. The summed E-state index contributed by atoms with van der Waals surface area (Å²) in [4.78, 5) is 20.0. The number of esters is 1. The van der Waals surface area contributed by atoms with Crippen LogP contribution in [0.4, 0.5) is 5.82 Å². The number of aromatic nitrogens is 1. The van der Waals surface area contributed by atoms with Crippen molar-refractivity contribution in [3.8, 4) is 5.75 Å². The van der Waals surface area contributed by atoms with Crippen molar-refractivity contribution in [2.75, 3.05) is 11.4 Å². The van der Waals surface area contributed by atoms with Gasteiger partial charge in [0.25, 0.3) is 0 Å². The van der Waals surface area contributed by atoms with Crippen LogP contribution in [-0.2, 0) is 22.6 Å². The summed E-state index contributed by atoms with van der Waals surface area (Å²) in [6, 6.07) is 10.1. The molecule has 1 aliphatic heterocycles. The Morgan fingerprint density at radius 1 is 1.21 bits per heavy atom. The quantitative estimate of drug-likeness (QED) is 0.682. The van der Waals surface area contributed by atoms with Crippen LogP contribution in [0.2, 0.25) is 0 Å². The van der Waals surface area contributed by atoms with E-state index in [1.54, 1.807) is 0 Å². The van der Waals surface area contributed by atoms with E-state index in [-0.39, 0.29) is 5.97 Å². The fourth-order valence-corrected chi connectivity index (χ4v) is 3.97. The third-order valence-electron chi connectivity index (χ3n) is 5.42. The van der Waals surface area contributed by atoms with Crippen LogP contribution >= 0.6 is 0 Å². The Balaban J connectivity index is 1.93. The van der Waals surface area contributed by atoms with Gasteiger partial charge in [-0.05, 0) is 59.6 Å². The number of benzene rings is 1. The van der Waals surface area contributed by atoms with Crippen LogP contribution < -0.4 is 9.64 Å². The topological polar surface area (TPSA) is 51.7 Å². The Bertz CT molecular complexity index is 903. The molecule has 1 aromatic heterocycles. The number of fused-ring (bicyclic) bond motifs is 1. The number of ether oxygens (including phenoxy) is 2. The molecule has 0 saturated heterocycles. The lowest BCUT2D eigenvalue weighted by Crippen LogP contribution is -2.53. The highest BCUT2D eigenvalue weighted by molar-refractivity contribution is 5.88. The molecule has 0 aliphatic carbocycles. The van der Waals surface area contributed by atoms with Crippen LogP contribution in [0.15, 0.2) is 30.3 Å². The molecule has 0 fully saturated rings. The molecule has 29 heavy (non-hydrogen) atoms. The minimum Gasteiger partial charge on any atom is -0.487 e. The van der Waals surface area contributed by atoms with E-state index in [0.717, 1.165) is 34.0 Å². The van der Waals surface area contributed by atoms with Crippen molar-refractivity contribution in [3.63, 3.8) is 0 Å². The van der Waals surface area contributed by atoms with Gasteiger partial charge < -0.3 is 14.4 Å². The molecule has 0 radical (unpaired) electrons. The summed E-state index contributed by atoms with van der Waals surface area (Å²) < 4.78 is 11.9. The van der Waals surface area contributed by atoms with Crippen molar-refractivity contribution in [2.24, 2.45) is 0 Å². The van der Waals surface area contributed by atoms with Crippen molar-refractivity contribution >= 4 is 11.8 Å². The molecule has 0 amide bonds. The molecule has 0 saturated carbocycles. The summed E-state index contributed by atoms with van der Waals surface area (Å²) in [6.07, 6.45) is 0.561. The SMILES string of the molecule is CCN1c2nc(C)c(OCc3ccccc3)c(C)c2CC1(C)C(=O)OC(C)(C)C. The molecule has 2 heterocycles. The van der Waals surface area contributed by atoms with Gasteiger partial charge in [-0.1, -0.05) is 30.3 Å². The third-order valence-corrected chi connectivity index (χ3v) is 5.42. The third kappa shape index (κ3) is 4.09. The predicted octanol–water partition coefficient (Wildman–Crippen LogP) is 4.76. The second-order valence-electron chi connectivity index (χ2n) is 8.92. The molecule has 3 rings (SSSR count). The van der Waals surface area contributed by atoms with Gasteiger partial charge in [-0.2, -0.15) is 0 Å². The summed E-state index contributed by atoms with van der Waals surface area (Å²) in [7, 11) is 0. The van der Waals surface area contributed by atoms with Gasteiger partial charge in [0.15, 0.2) is 0 Å². The normalized spacial score (nSPS) is 18.5. The van der Waals surface area contributed by atoms with E-state index in [9.17, 15) is 4.79 Å². The molecule has 1 unspecified atom stereocenters. The molecule has 2 aromatic rings. The summed E-state index contributed by atoms with van der Waals surface area (Å²) in [6.45, 7) is 14.9. The molecule has 156 valence electrons. The zero-order valence-electron chi connectivity index (χ0n) is 18.6. The standard InChI is InChI=1S/C24H32N2O3/c1-8-26-21-19(14-24(26,7)22(27)29-23(4,5)6)16(2)20(17(3)25-21)28-15-18-12-10-9-11-13-18/h9-13H,8,14-15H2,1-7H3. The fourth-order valence-electron chi connectivity index (χ4n) is 3.97. The highest BCUT2D eigenvalue weighted by atomic mass is 16.6. The molecule has 0 spiro atoms. The number of pyridine rings is 1. The Hall–Kier alpha value is -2.56. The van der Waals surface area contributed by atoms with Crippen LogP contribution in [0.1, 0.15) is 57.0 Å². The first-order valence-corrected chi connectivity index (χ1v) is 10.2. The summed E-state index contributed by atoms with van der Waals surface area (Å²) in [5, 5.41) is 0. The van der Waals surface area contributed by atoms with Gasteiger partial charge in [-0.15, -0.1) is 0 Å². The molecule has 1 atom stereocenters. The van der Waals surface area contributed by atoms with Crippen molar-refractivity contribution in [3.05, 3.63) is 52.7 Å². The number of aryl methyl sites for hydroxylation is 1. The molecular formula is C24H32N2O3. The number of anilines is 1. The van der Waals surface area contributed by atoms with Crippen LogP contribution in [0.3, 0.4) is 0 Å². The van der Waals surface area contributed by atoms with Crippen LogP contribution in [-0.4, -0.2) is 28.6 Å². The van der Waals surface area contributed by atoms with Gasteiger partial charge in [0.2, 0.25) is 0 Å². The average molecular weight is 397 g/mol. The lowest BCUT2D eigenvalue weighted by Gasteiger charge is -2.36. The van der Waals surface area contributed by atoms with E-state index in [2.05, 4.69) is 11.8 Å². The Kier molecular flexibility index (Phi) is 5.61. The molecule has 1 aliphatic rings. The Morgan fingerprint density at radius 3 is 2.45 bits per heavy atom. The van der Waals surface area contributed by atoms with Crippen molar-refractivity contribution in [1.82, 2.24) is 4.98 Å². The fraction of sp³-hybridized carbons (Fsp3) is 0.500. The molecule has 5 heteroatoms. The summed E-state index contributed by atoms with van der Waals surface area (Å²) >= 11 is 0. The lowest BCUT2D eigenvalue weighted by atomic mass is 9.94. The van der Waals surface area contributed by atoms with Gasteiger partial charge in [-0.25, -0.2) is 9.78 Å². The molecule has 5 nitrogen and oxygen atoms in total. The monoisotopic (exact) mass is 396 g/mol. The molecular weight excluding hydrogens is 364 g/mol. The van der Waals surface area contributed by atoms with Gasteiger partial charge >= 0.3 is 5.97 Å². The maximum Gasteiger partial charge on any atom is 0.332 e. The smallest absolute Gasteiger partial charge is 0.332 e. The Labute approximate surface area is 174 Å². The second-order valence-corrected chi connectivity index (χ2v) is 8.92. The number of rotatable bonds is 5. The minimum absolute atomic E-state index is 0.214. The van der Waals surface area contributed by atoms with Crippen molar-refractivity contribution in [2.45, 2.75) is 72.6 Å². The van der Waals surface area contributed by atoms with Gasteiger partial charge in [0, 0.05) is 18.5 Å². The maximum absolute atomic E-state index is 13.1. The van der Waals surface area contributed by atoms with E-state index in [1.165, 1.54) is 0 Å². The maximum atomic E-state index is 13.1. The first kappa shape index (κ1) is 21.2. The van der Waals surface area contributed by atoms with Gasteiger partial charge in [0.1, 0.15) is 29.3 Å². The minimum atomic E-state index is -0.771. The highest BCUT2D eigenvalue weighted by Crippen LogP contribution is 2.43. The van der Waals surface area contributed by atoms with E-state index in [1.807, 2.05) is 71.9 Å². The number of nitrogens with zero attached hydrogens (tertiary/aromatic N) is 2. The van der Waals surface area contributed by atoms with Crippen LogP contribution in [0.25, 0.3) is 0 Å². The number of likely N-dealkylation sites (N-methyl/N-ethyl adjacent to an activating group) is 1. The predicted molar refractivity (Wildman–Crippen MR) is 115 cm³/mol. The van der Waals surface area contributed by atoms with E-state index >= 15 is 0 Å². The van der Waals surface area contributed by atoms with Gasteiger partial charge in [-0.3, -0.25) is 0 Å².